The van der Waals surface area contributed by atoms with Gasteiger partial charge in [-0.1, -0.05) is 24.3 Å². The lowest BCUT2D eigenvalue weighted by Crippen LogP contribution is -2.40. The predicted molar refractivity (Wildman–Crippen MR) is 145 cm³/mol. The number of ether oxygens (including phenoxy) is 1. The first kappa shape index (κ1) is 24.4. The number of carbonyl (C=O) groups is 1. The Kier molecular flexibility index (Phi) is 6.32. The first-order chi connectivity index (χ1) is 19.0. The molecular formula is C29H27N7O3. The molecule has 0 bridgehead atoms. The summed E-state index contributed by atoms with van der Waals surface area (Å²) in [6, 6.07) is 18.4. The normalized spacial score (nSPS) is 17.4. The number of nitrogens with two attached hydrogens (primary N) is 1. The molecule has 2 aliphatic rings. The zero-order valence-electron chi connectivity index (χ0n) is 21.2. The molecule has 1 amide bonds. The maximum Gasteiger partial charge on any atom is 0.335 e. The maximum atomic E-state index is 13.8. The summed E-state index contributed by atoms with van der Waals surface area (Å²) >= 11 is 0. The van der Waals surface area contributed by atoms with Gasteiger partial charge in [-0.2, -0.15) is 5.26 Å². The monoisotopic (exact) mass is 521 g/mol. The highest BCUT2D eigenvalue weighted by Crippen LogP contribution is 2.32. The van der Waals surface area contributed by atoms with Crippen molar-refractivity contribution in [1.82, 2.24) is 24.0 Å². The lowest BCUT2D eigenvalue weighted by Gasteiger charge is -2.24. The highest BCUT2D eigenvalue weighted by Gasteiger charge is 2.33. The molecule has 2 fully saturated rings. The molecule has 196 valence electrons. The van der Waals surface area contributed by atoms with Crippen LogP contribution in [0, 0.1) is 17.2 Å². The molecule has 1 atom stereocenters. The van der Waals surface area contributed by atoms with Gasteiger partial charge in [0.25, 0.3) is 5.91 Å². The maximum absolute atomic E-state index is 13.8. The summed E-state index contributed by atoms with van der Waals surface area (Å²) in [5.74, 6) is 1.55. The zero-order chi connectivity index (χ0) is 26.9. The molecule has 10 heteroatoms. The number of aromatic nitrogens is 4. The van der Waals surface area contributed by atoms with Crippen molar-refractivity contribution in [3.8, 4) is 23.3 Å². The van der Waals surface area contributed by atoms with Crippen LogP contribution in [0.1, 0.15) is 25.7 Å². The van der Waals surface area contributed by atoms with E-state index in [2.05, 4.69) is 16.0 Å². The topological polar surface area (TPSA) is 132 Å². The van der Waals surface area contributed by atoms with E-state index < -0.39 is 0 Å². The van der Waals surface area contributed by atoms with Gasteiger partial charge in [0.05, 0.1) is 11.7 Å². The van der Waals surface area contributed by atoms with E-state index in [1.54, 1.807) is 39.8 Å². The van der Waals surface area contributed by atoms with Crippen molar-refractivity contribution >= 4 is 22.9 Å². The van der Waals surface area contributed by atoms with Crippen LogP contribution in [-0.2, 0) is 11.3 Å². The average molecular weight is 522 g/mol. The number of hydrogen-bond acceptors (Lipinski definition) is 7. The fourth-order valence-corrected chi connectivity index (χ4v) is 5.11. The molecule has 1 saturated heterocycles. The molecule has 1 aliphatic heterocycles. The summed E-state index contributed by atoms with van der Waals surface area (Å²) in [4.78, 5) is 37.3. The van der Waals surface area contributed by atoms with Gasteiger partial charge in [0.15, 0.2) is 11.5 Å². The van der Waals surface area contributed by atoms with Crippen LogP contribution in [-0.4, -0.2) is 42.5 Å². The number of nitrogens with zero attached hydrogens (tertiary/aromatic N) is 6. The molecule has 6 rings (SSSR count). The van der Waals surface area contributed by atoms with Gasteiger partial charge in [-0.3, -0.25) is 13.9 Å². The highest BCUT2D eigenvalue weighted by atomic mass is 16.5. The Morgan fingerprint density at radius 1 is 1.08 bits per heavy atom. The van der Waals surface area contributed by atoms with E-state index in [0.29, 0.717) is 40.8 Å². The Morgan fingerprint density at radius 3 is 2.54 bits per heavy atom. The summed E-state index contributed by atoms with van der Waals surface area (Å²) in [6.45, 7) is 0.780. The number of hydrogen-bond donors (Lipinski definition) is 1. The van der Waals surface area contributed by atoms with E-state index in [0.717, 1.165) is 25.7 Å². The molecule has 0 radical (unpaired) electrons. The van der Waals surface area contributed by atoms with Gasteiger partial charge in [-0.25, -0.2) is 14.8 Å². The fraction of sp³-hybridized carbons (Fsp3) is 0.276. The largest absolute Gasteiger partial charge is 0.457 e. The van der Waals surface area contributed by atoms with E-state index in [4.69, 9.17) is 10.5 Å². The third kappa shape index (κ3) is 4.75. The van der Waals surface area contributed by atoms with Crippen LogP contribution in [0.15, 0.2) is 77.4 Å². The first-order valence-electron chi connectivity index (χ1n) is 13.0. The molecule has 4 aromatic rings. The molecule has 2 aromatic heterocycles. The van der Waals surface area contributed by atoms with E-state index in [9.17, 15) is 14.9 Å². The molecule has 2 aromatic carbocycles. The van der Waals surface area contributed by atoms with Crippen LogP contribution in [0.3, 0.4) is 0 Å². The van der Waals surface area contributed by atoms with E-state index in [1.807, 2.05) is 30.3 Å². The van der Waals surface area contributed by atoms with E-state index in [1.165, 1.54) is 10.9 Å². The minimum Gasteiger partial charge on any atom is -0.457 e. The summed E-state index contributed by atoms with van der Waals surface area (Å²) < 4.78 is 8.93. The number of carbonyl (C=O) groups excluding carboxylic acids is 1. The Morgan fingerprint density at radius 2 is 1.82 bits per heavy atom. The number of benzene rings is 2. The highest BCUT2D eigenvalue weighted by molar-refractivity contribution is 5.97. The third-order valence-corrected chi connectivity index (χ3v) is 7.21. The van der Waals surface area contributed by atoms with Crippen molar-refractivity contribution in [2.24, 2.45) is 5.92 Å². The second-order valence-electron chi connectivity index (χ2n) is 9.89. The Labute approximate surface area is 224 Å². The number of anilines is 1. The Bertz CT molecular complexity index is 1660. The first-order valence-corrected chi connectivity index (χ1v) is 13.0. The molecule has 3 heterocycles. The number of nitriles is 1. The Hall–Kier alpha value is -4.91. The summed E-state index contributed by atoms with van der Waals surface area (Å²) in [5, 5.41) is 9.59. The number of allylic oxidation sites excluding steroid dienone is 1. The Balaban J connectivity index is 1.33. The second kappa shape index (κ2) is 10.1. The number of rotatable bonds is 7. The van der Waals surface area contributed by atoms with Crippen LogP contribution in [0.5, 0.6) is 11.5 Å². The molecule has 39 heavy (non-hydrogen) atoms. The fourth-order valence-electron chi connectivity index (χ4n) is 5.11. The molecule has 10 nitrogen and oxygen atoms in total. The van der Waals surface area contributed by atoms with Crippen LogP contribution < -0.4 is 16.2 Å². The van der Waals surface area contributed by atoms with Gasteiger partial charge in [-0.15, -0.1) is 0 Å². The van der Waals surface area contributed by atoms with Crippen LogP contribution in [0.25, 0.3) is 16.9 Å². The van der Waals surface area contributed by atoms with Gasteiger partial charge in [0.1, 0.15) is 35.0 Å². The van der Waals surface area contributed by atoms with Crippen LogP contribution in [0.4, 0.5) is 5.82 Å². The lowest BCUT2D eigenvalue weighted by atomic mass is 10.1. The van der Waals surface area contributed by atoms with Gasteiger partial charge in [0, 0.05) is 13.1 Å². The summed E-state index contributed by atoms with van der Waals surface area (Å²) in [7, 11) is 0. The van der Waals surface area contributed by atoms with Gasteiger partial charge in [-0.05, 0) is 68.0 Å². The van der Waals surface area contributed by atoms with E-state index >= 15 is 0 Å². The van der Waals surface area contributed by atoms with Crippen molar-refractivity contribution in [3.63, 3.8) is 0 Å². The summed E-state index contributed by atoms with van der Waals surface area (Å²) in [5.41, 5.74) is 7.48. The SMILES string of the molecule is N#C/C(=C\C1CC1)C(=O)N1CCC[C@H]1Cn1c(=O)n(-c2ccc(Oc3ccccc3)cc2)c2c(N)ncnc21. The van der Waals surface area contributed by atoms with Gasteiger partial charge >= 0.3 is 5.69 Å². The van der Waals surface area contributed by atoms with Crippen molar-refractivity contribution in [2.75, 3.05) is 12.3 Å². The van der Waals surface area contributed by atoms with Crippen molar-refractivity contribution in [2.45, 2.75) is 38.3 Å². The molecule has 1 aliphatic carbocycles. The van der Waals surface area contributed by atoms with Crippen molar-refractivity contribution < 1.29 is 9.53 Å². The van der Waals surface area contributed by atoms with Gasteiger partial charge in [0.2, 0.25) is 0 Å². The smallest absolute Gasteiger partial charge is 0.335 e. The number of para-hydroxylation sites is 1. The molecular weight excluding hydrogens is 494 g/mol. The molecule has 0 spiro atoms. The van der Waals surface area contributed by atoms with Crippen LogP contribution in [0.2, 0.25) is 0 Å². The number of imidazole rings is 1. The quantitative estimate of drug-likeness (QED) is 0.289. The number of nitrogen functional groups attached to an aromatic ring is 1. The zero-order valence-corrected chi connectivity index (χ0v) is 21.2. The standard InChI is InChI=1S/C29H27N7O3/c30-16-20(15-19-8-9-19)28(37)34-14-4-5-22(34)17-35-27-25(26(31)32-18-33-27)36(29(35)38)21-10-12-24(13-11-21)39-23-6-2-1-3-7-23/h1-3,6-7,10-13,15,18-19,22H,4-5,8-9,14,17H2,(H2,31,32,33)/b20-15+/t22-/m0/s1. The average Bonchev–Trinajstić information content (AvgIpc) is 3.58. The third-order valence-electron chi connectivity index (χ3n) is 7.21. The number of amides is 1. The number of fused-ring (bicyclic) bond motifs is 1. The van der Waals surface area contributed by atoms with Gasteiger partial charge < -0.3 is 15.4 Å². The predicted octanol–water partition coefficient (Wildman–Crippen LogP) is 3.81. The molecule has 2 N–H and O–H groups in total. The van der Waals surface area contributed by atoms with Crippen molar-refractivity contribution in [3.05, 3.63) is 83.1 Å². The van der Waals surface area contributed by atoms with Crippen molar-refractivity contribution in [1.29, 1.82) is 5.26 Å². The lowest BCUT2D eigenvalue weighted by molar-refractivity contribution is -0.127. The molecule has 1 saturated carbocycles. The summed E-state index contributed by atoms with van der Waals surface area (Å²) in [6.07, 6.45) is 6.66. The second-order valence-corrected chi connectivity index (χ2v) is 9.89. The number of likely N-dealkylation sites (tertiary alicyclic amines) is 1. The van der Waals surface area contributed by atoms with E-state index in [-0.39, 0.29) is 35.6 Å². The minimum atomic E-state index is -0.331. The van der Waals surface area contributed by atoms with Crippen LogP contribution >= 0.6 is 0 Å². The minimum absolute atomic E-state index is 0.180. The molecule has 0 unspecified atom stereocenters.